The van der Waals surface area contributed by atoms with E-state index in [1.54, 1.807) is 6.92 Å². The van der Waals surface area contributed by atoms with E-state index >= 15 is 0 Å². The highest BCUT2D eigenvalue weighted by Crippen LogP contribution is 2.37. The zero-order valence-electron chi connectivity index (χ0n) is 8.31. The molecule has 1 rings (SSSR count). The Labute approximate surface area is 79.9 Å². The fourth-order valence-electron chi connectivity index (χ4n) is 2.21. The van der Waals surface area contributed by atoms with Gasteiger partial charge in [-0.3, -0.25) is 4.79 Å². The Morgan fingerprint density at radius 3 is 2.23 bits per heavy atom. The van der Waals surface area contributed by atoms with Crippen molar-refractivity contribution in [2.45, 2.75) is 51.9 Å². The van der Waals surface area contributed by atoms with E-state index in [1.165, 1.54) is 12.8 Å². The molecule has 0 atom stereocenters. The summed E-state index contributed by atoms with van der Waals surface area (Å²) in [5, 5.41) is 9.11. The van der Waals surface area contributed by atoms with E-state index in [-0.39, 0.29) is 11.2 Å². The van der Waals surface area contributed by atoms with Gasteiger partial charge in [0.1, 0.15) is 5.78 Å². The van der Waals surface area contributed by atoms with Gasteiger partial charge in [0.05, 0.1) is 11.5 Å². The van der Waals surface area contributed by atoms with Crippen molar-refractivity contribution in [3.8, 4) is 6.07 Å². The maximum absolute atomic E-state index is 11.0. The molecule has 1 saturated carbocycles. The summed E-state index contributed by atoms with van der Waals surface area (Å²) in [4.78, 5) is 11.0. The molecule has 0 unspecified atom stereocenters. The molecule has 0 aromatic heterocycles. The maximum atomic E-state index is 11.0. The molecule has 72 valence electrons. The average Bonchev–Trinajstić information content (AvgIpc) is 2.30. The third kappa shape index (κ3) is 2.84. The van der Waals surface area contributed by atoms with Crippen LogP contribution in [0, 0.1) is 16.7 Å². The van der Waals surface area contributed by atoms with Crippen LogP contribution in [-0.2, 0) is 4.79 Å². The molecule has 0 N–H and O–H groups in total. The maximum Gasteiger partial charge on any atom is 0.131 e. The third-order valence-electron chi connectivity index (χ3n) is 2.89. The van der Waals surface area contributed by atoms with Gasteiger partial charge in [-0.25, -0.2) is 0 Å². The topological polar surface area (TPSA) is 40.9 Å². The lowest BCUT2D eigenvalue weighted by Gasteiger charge is -2.22. The second kappa shape index (κ2) is 4.41. The van der Waals surface area contributed by atoms with Crippen LogP contribution in [0.25, 0.3) is 0 Å². The minimum absolute atomic E-state index is 0.156. The Kier molecular flexibility index (Phi) is 3.48. The molecule has 2 nitrogen and oxygen atoms in total. The summed E-state index contributed by atoms with van der Waals surface area (Å²) in [6.45, 7) is 1.59. The van der Waals surface area contributed by atoms with Gasteiger partial charge < -0.3 is 0 Å². The van der Waals surface area contributed by atoms with E-state index < -0.39 is 0 Å². The highest BCUT2D eigenvalue weighted by Gasteiger charge is 2.31. The Morgan fingerprint density at radius 1 is 1.31 bits per heavy atom. The molecule has 0 spiro atoms. The van der Waals surface area contributed by atoms with Gasteiger partial charge in [0, 0.05) is 6.42 Å². The van der Waals surface area contributed by atoms with Gasteiger partial charge in [-0.15, -0.1) is 0 Å². The van der Waals surface area contributed by atoms with E-state index in [0.29, 0.717) is 6.42 Å². The lowest BCUT2D eigenvalue weighted by atomic mass is 9.78. The molecule has 0 bridgehead atoms. The van der Waals surface area contributed by atoms with Gasteiger partial charge in [0.2, 0.25) is 0 Å². The summed E-state index contributed by atoms with van der Waals surface area (Å²) in [5.41, 5.74) is -0.317. The minimum atomic E-state index is -0.317. The van der Waals surface area contributed by atoms with Crippen LogP contribution in [0.2, 0.25) is 0 Å². The Bertz CT molecular complexity index is 219. The van der Waals surface area contributed by atoms with Crippen molar-refractivity contribution in [1.29, 1.82) is 5.26 Å². The van der Waals surface area contributed by atoms with Crippen LogP contribution < -0.4 is 0 Å². The van der Waals surface area contributed by atoms with E-state index in [9.17, 15) is 4.79 Å². The van der Waals surface area contributed by atoms with Crippen molar-refractivity contribution in [2.24, 2.45) is 5.41 Å². The third-order valence-corrected chi connectivity index (χ3v) is 2.89. The van der Waals surface area contributed by atoms with E-state index in [2.05, 4.69) is 6.07 Å². The summed E-state index contributed by atoms with van der Waals surface area (Å²) in [7, 11) is 0. The number of carbonyl (C=O) groups is 1. The van der Waals surface area contributed by atoms with Gasteiger partial charge in [0.25, 0.3) is 0 Å². The Morgan fingerprint density at radius 2 is 1.85 bits per heavy atom. The Balaban J connectivity index is 2.66. The molecular weight excluding hydrogens is 162 g/mol. The number of rotatable bonds is 2. The monoisotopic (exact) mass is 179 g/mol. The first-order chi connectivity index (χ1) is 6.18. The number of carbonyl (C=O) groups excluding carboxylic acids is 1. The average molecular weight is 179 g/mol. The number of nitriles is 1. The summed E-state index contributed by atoms with van der Waals surface area (Å²) in [6, 6.07) is 2.37. The molecule has 0 saturated heterocycles. The predicted octanol–water partition coefficient (Wildman–Crippen LogP) is 2.83. The van der Waals surface area contributed by atoms with Crippen molar-refractivity contribution in [1.82, 2.24) is 0 Å². The second-order valence-electron chi connectivity index (χ2n) is 4.19. The smallest absolute Gasteiger partial charge is 0.131 e. The van der Waals surface area contributed by atoms with Gasteiger partial charge in [-0.1, -0.05) is 25.7 Å². The standard InChI is InChI=1S/C11H17NO/c1-10(13)8-11(9-12)6-4-2-3-5-7-11/h2-8H2,1H3. The lowest BCUT2D eigenvalue weighted by molar-refractivity contribution is -0.118. The van der Waals surface area contributed by atoms with Crippen LogP contribution in [0.1, 0.15) is 51.9 Å². The number of hydrogen-bond donors (Lipinski definition) is 0. The minimum Gasteiger partial charge on any atom is -0.300 e. The highest BCUT2D eigenvalue weighted by molar-refractivity contribution is 5.76. The van der Waals surface area contributed by atoms with Gasteiger partial charge in [0.15, 0.2) is 0 Å². The van der Waals surface area contributed by atoms with Crippen LogP contribution in [0.4, 0.5) is 0 Å². The predicted molar refractivity (Wildman–Crippen MR) is 51.0 cm³/mol. The SMILES string of the molecule is CC(=O)CC1(C#N)CCCCCC1. The zero-order valence-corrected chi connectivity index (χ0v) is 8.31. The molecule has 0 aliphatic heterocycles. The number of Topliss-reactive ketones (excluding diaryl/α,β-unsaturated/α-hetero) is 1. The molecule has 2 heteroatoms. The fraction of sp³-hybridized carbons (Fsp3) is 0.818. The van der Waals surface area contributed by atoms with Crippen LogP contribution in [0.15, 0.2) is 0 Å². The normalized spacial score (nSPS) is 21.5. The largest absolute Gasteiger partial charge is 0.300 e. The van der Waals surface area contributed by atoms with E-state index in [0.717, 1.165) is 25.7 Å². The van der Waals surface area contributed by atoms with Gasteiger partial charge in [-0.05, 0) is 19.8 Å². The molecule has 0 aromatic rings. The molecule has 0 radical (unpaired) electrons. The van der Waals surface area contributed by atoms with E-state index in [4.69, 9.17) is 5.26 Å². The van der Waals surface area contributed by atoms with E-state index in [1.807, 2.05) is 0 Å². The molecule has 0 heterocycles. The number of nitrogens with zero attached hydrogens (tertiary/aromatic N) is 1. The summed E-state index contributed by atoms with van der Waals surface area (Å²) < 4.78 is 0. The zero-order chi connectivity index (χ0) is 9.73. The summed E-state index contributed by atoms with van der Waals surface area (Å²) in [6.07, 6.45) is 6.97. The molecule has 1 fully saturated rings. The number of hydrogen-bond acceptors (Lipinski definition) is 2. The van der Waals surface area contributed by atoms with Crippen molar-refractivity contribution < 1.29 is 4.79 Å². The molecule has 13 heavy (non-hydrogen) atoms. The number of ketones is 1. The van der Waals surface area contributed by atoms with Crippen LogP contribution in [-0.4, -0.2) is 5.78 Å². The first-order valence-corrected chi connectivity index (χ1v) is 5.09. The van der Waals surface area contributed by atoms with Crippen LogP contribution >= 0.6 is 0 Å². The second-order valence-corrected chi connectivity index (χ2v) is 4.19. The fourth-order valence-corrected chi connectivity index (χ4v) is 2.21. The summed E-state index contributed by atoms with van der Waals surface area (Å²) >= 11 is 0. The van der Waals surface area contributed by atoms with Crippen molar-refractivity contribution in [3.05, 3.63) is 0 Å². The van der Waals surface area contributed by atoms with Gasteiger partial charge in [-0.2, -0.15) is 5.26 Å². The lowest BCUT2D eigenvalue weighted by Crippen LogP contribution is -2.20. The first-order valence-electron chi connectivity index (χ1n) is 5.09. The molecule has 0 aromatic carbocycles. The molecular formula is C11H17NO. The molecule has 0 amide bonds. The Hall–Kier alpha value is -0.840. The van der Waals surface area contributed by atoms with Gasteiger partial charge >= 0.3 is 0 Å². The van der Waals surface area contributed by atoms with Crippen molar-refractivity contribution in [2.75, 3.05) is 0 Å². The quantitative estimate of drug-likeness (QED) is 0.611. The summed E-state index contributed by atoms with van der Waals surface area (Å²) in [5.74, 6) is 0.156. The van der Waals surface area contributed by atoms with Crippen molar-refractivity contribution in [3.63, 3.8) is 0 Å². The van der Waals surface area contributed by atoms with Crippen LogP contribution in [0.3, 0.4) is 0 Å². The van der Waals surface area contributed by atoms with Crippen LogP contribution in [0.5, 0.6) is 0 Å². The molecule has 1 aliphatic rings. The van der Waals surface area contributed by atoms with Crippen molar-refractivity contribution >= 4 is 5.78 Å². The first kappa shape index (κ1) is 10.2. The molecule has 1 aliphatic carbocycles. The highest BCUT2D eigenvalue weighted by atomic mass is 16.1.